The van der Waals surface area contributed by atoms with E-state index in [4.69, 9.17) is 0 Å². The van der Waals surface area contributed by atoms with Crippen molar-refractivity contribution in [3.05, 3.63) is 24.3 Å². The molecule has 0 aromatic heterocycles. The smallest absolute Gasteiger partial charge is 0.406 e. The summed E-state index contributed by atoms with van der Waals surface area (Å²) in [5, 5.41) is 2.83. The lowest BCUT2D eigenvalue weighted by Gasteiger charge is -2.38. The van der Waals surface area contributed by atoms with Crippen molar-refractivity contribution in [3.8, 4) is 5.75 Å². The van der Waals surface area contributed by atoms with E-state index in [9.17, 15) is 18.0 Å². The van der Waals surface area contributed by atoms with Crippen molar-refractivity contribution in [2.75, 3.05) is 37.6 Å². The van der Waals surface area contributed by atoms with Gasteiger partial charge in [0.05, 0.1) is 0 Å². The molecule has 0 aliphatic carbocycles. The number of nitrogens with zero attached hydrogens (tertiary/aromatic N) is 2. The van der Waals surface area contributed by atoms with Crippen molar-refractivity contribution in [2.24, 2.45) is 0 Å². The van der Waals surface area contributed by atoms with Gasteiger partial charge >= 0.3 is 6.36 Å². The van der Waals surface area contributed by atoms with Crippen molar-refractivity contribution in [2.45, 2.75) is 18.8 Å². The van der Waals surface area contributed by atoms with E-state index in [0.29, 0.717) is 13.0 Å². The molecule has 126 valence electrons. The summed E-state index contributed by atoms with van der Waals surface area (Å²) >= 11 is 0. The standard InChI is InChI=1S/C15H18F3N3O2/c16-15(17,18)23-13-3-1-11(2-4-13)20-5-7-21(8-6-20)12-9-14(22)19-10-12/h1-4,12H,5-10H2,(H,19,22). The van der Waals surface area contributed by atoms with Gasteiger partial charge in [0.25, 0.3) is 0 Å². The van der Waals surface area contributed by atoms with Gasteiger partial charge in [-0.3, -0.25) is 9.69 Å². The molecule has 2 aliphatic rings. The Kier molecular flexibility index (Phi) is 4.34. The maximum Gasteiger partial charge on any atom is 0.573 e. The van der Waals surface area contributed by atoms with Crippen LogP contribution in [0.4, 0.5) is 18.9 Å². The molecule has 2 heterocycles. The summed E-state index contributed by atoms with van der Waals surface area (Å²) in [6.45, 7) is 3.93. The molecule has 1 aromatic carbocycles. The van der Waals surface area contributed by atoms with Crippen molar-refractivity contribution in [1.29, 1.82) is 0 Å². The van der Waals surface area contributed by atoms with Crippen LogP contribution >= 0.6 is 0 Å². The minimum Gasteiger partial charge on any atom is -0.406 e. The largest absolute Gasteiger partial charge is 0.573 e. The summed E-state index contributed by atoms with van der Waals surface area (Å²) < 4.78 is 40.3. The highest BCUT2D eigenvalue weighted by Gasteiger charge is 2.31. The van der Waals surface area contributed by atoms with E-state index in [1.165, 1.54) is 12.1 Å². The van der Waals surface area contributed by atoms with Crippen LogP contribution in [0.15, 0.2) is 24.3 Å². The van der Waals surface area contributed by atoms with Crippen LogP contribution in [0.5, 0.6) is 5.75 Å². The maximum atomic E-state index is 12.1. The predicted octanol–water partition coefficient (Wildman–Crippen LogP) is 1.60. The Labute approximate surface area is 132 Å². The van der Waals surface area contributed by atoms with E-state index in [0.717, 1.165) is 31.9 Å². The predicted molar refractivity (Wildman–Crippen MR) is 78.3 cm³/mol. The second-order valence-electron chi connectivity index (χ2n) is 5.73. The van der Waals surface area contributed by atoms with Gasteiger partial charge in [0, 0.05) is 50.9 Å². The van der Waals surface area contributed by atoms with E-state index in [1.807, 2.05) is 0 Å². The number of rotatable bonds is 3. The quantitative estimate of drug-likeness (QED) is 0.915. The number of alkyl halides is 3. The van der Waals surface area contributed by atoms with E-state index >= 15 is 0 Å². The molecule has 0 saturated carbocycles. The van der Waals surface area contributed by atoms with Crippen LogP contribution in [0.25, 0.3) is 0 Å². The molecule has 2 aliphatic heterocycles. The summed E-state index contributed by atoms with van der Waals surface area (Å²) in [6.07, 6.45) is -4.12. The number of hydrogen-bond donors (Lipinski definition) is 1. The number of nitrogens with one attached hydrogen (secondary N) is 1. The van der Waals surface area contributed by atoms with Crippen molar-refractivity contribution in [1.82, 2.24) is 10.2 Å². The molecule has 3 rings (SSSR count). The Bertz CT molecular complexity index is 554. The van der Waals surface area contributed by atoms with Crippen molar-refractivity contribution in [3.63, 3.8) is 0 Å². The summed E-state index contributed by atoms with van der Waals surface area (Å²) in [7, 11) is 0. The second-order valence-corrected chi connectivity index (χ2v) is 5.73. The lowest BCUT2D eigenvalue weighted by atomic mass is 10.1. The molecule has 1 aromatic rings. The first-order valence-electron chi connectivity index (χ1n) is 7.52. The topological polar surface area (TPSA) is 44.8 Å². The van der Waals surface area contributed by atoms with E-state index in [1.54, 1.807) is 12.1 Å². The molecule has 1 N–H and O–H groups in total. The zero-order valence-electron chi connectivity index (χ0n) is 12.5. The van der Waals surface area contributed by atoms with E-state index in [2.05, 4.69) is 19.9 Å². The molecule has 0 spiro atoms. The van der Waals surface area contributed by atoms with Gasteiger partial charge in [-0.05, 0) is 24.3 Å². The van der Waals surface area contributed by atoms with Gasteiger partial charge in [0.1, 0.15) is 5.75 Å². The fourth-order valence-corrected chi connectivity index (χ4v) is 3.05. The molecular formula is C15H18F3N3O2. The van der Waals surface area contributed by atoms with Crippen LogP contribution in [0, 0.1) is 0 Å². The molecule has 1 atom stereocenters. The lowest BCUT2D eigenvalue weighted by molar-refractivity contribution is -0.274. The van der Waals surface area contributed by atoms with Crippen molar-refractivity contribution < 1.29 is 22.7 Å². The second kappa shape index (κ2) is 6.27. The Morgan fingerprint density at radius 3 is 2.26 bits per heavy atom. The number of halogens is 3. The zero-order chi connectivity index (χ0) is 16.4. The van der Waals surface area contributed by atoms with Crippen LogP contribution in [0.2, 0.25) is 0 Å². The summed E-state index contributed by atoms with van der Waals surface area (Å²) in [6, 6.07) is 6.19. The normalized spacial score (nSPS) is 23.0. The fourth-order valence-electron chi connectivity index (χ4n) is 3.05. The van der Waals surface area contributed by atoms with Crippen LogP contribution < -0.4 is 15.0 Å². The Hall–Kier alpha value is -1.96. The highest BCUT2D eigenvalue weighted by atomic mass is 19.4. The number of piperazine rings is 1. The monoisotopic (exact) mass is 329 g/mol. The van der Waals surface area contributed by atoms with Gasteiger partial charge < -0.3 is 15.0 Å². The van der Waals surface area contributed by atoms with Gasteiger partial charge in [-0.1, -0.05) is 0 Å². The number of carbonyl (C=O) groups excluding carboxylic acids is 1. The van der Waals surface area contributed by atoms with E-state index in [-0.39, 0.29) is 17.7 Å². The summed E-state index contributed by atoms with van der Waals surface area (Å²) in [5.74, 6) is -0.117. The van der Waals surface area contributed by atoms with Gasteiger partial charge in [-0.2, -0.15) is 0 Å². The first-order valence-corrected chi connectivity index (χ1v) is 7.52. The Morgan fingerprint density at radius 1 is 1.09 bits per heavy atom. The third kappa shape index (κ3) is 4.07. The molecule has 2 fully saturated rings. The molecular weight excluding hydrogens is 311 g/mol. The first kappa shape index (κ1) is 15.9. The molecule has 23 heavy (non-hydrogen) atoms. The SMILES string of the molecule is O=C1CC(N2CCN(c3ccc(OC(F)(F)F)cc3)CC2)CN1. The number of benzene rings is 1. The molecule has 2 saturated heterocycles. The van der Waals surface area contributed by atoms with Gasteiger partial charge in [0.15, 0.2) is 0 Å². The number of amides is 1. The third-order valence-corrected chi connectivity index (χ3v) is 4.22. The highest BCUT2D eigenvalue weighted by Crippen LogP contribution is 2.26. The molecule has 0 bridgehead atoms. The molecule has 5 nitrogen and oxygen atoms in total. The minimum atomic E-state index is -4.67. The average molecular weight is 329 g/mol. The number of anilines is 1. The fraction of sp³-hybridized carbons (Fsp3) is 0.533. The summed E-state index contributed by atoms with van der Waals surface area (Å²) in [4.78, 5) is 15.7. The Balaban J connectivity index is 1.54. The van der Waals surface area contributed by atoms with E-state index < -0.39 is 6.36 Å². The maximum absolute atomic E-state index is 12.1. The molecule has 8 heteroatoms. The van der Waals surface area contributed by atoms with Crippen LogP contribution in [0.3, 0.4) is 0 Å². The average Bonchev–Trinajstić information content (AvgIpc) is 2.93. The van der Waals surface area contributed by atoms with Gasteiger partial charge in [0.2, 0.25) is 5.91 Å². The zero-order valence-corrected chi connectivity index (χ0v) is 12.5. The van der Waals surface area contributed by atoms with Gasteiger partial charge in [-0.15, -0.1) is 13.2 Å². The first-order chi connectivity index (χ1) is 10.9. The van der Waals surface area contributed by atoms with Gasteiger partial charge in [-0.25, -0.2) is 0 Å². The Morgan fingerprint density at radius 2 is 1.74 bits per heavy atom. The molecule has 0 radical (unpaired) electrons. The van der Waals surface area contributed by atoms with Crippen LogP contribution in [-0.4, -0.2) is 55.9 Å². The van der Waals surface area contributed by atoms with Crippen LogP contribution in [0.1, 0.15) is 6.42 Å². The van der Waals surface area contributed by atoms with Crippen molar-refractivity contribution >= 4 is 11.6 Å². The number of hydrogen-bond acceptors (Lipinski definition) is 4. The van der Waals surface area contributed by atoms with Crippen LogP contribution in [-0.2, 0) is 4.79 Å². The summed E-state index contributed by atoms with van der Waals surface area (Å²) in [5.41, 5.74) is 0.875. The highest BCUT2D eigenvalue weighted by molar-refractivity contribution is 5.78. The molecule has 1 amide bonds. The third-order valence-electron chi connectivity index (χ3n) is 4.22. The molecule has 1 unspecified atom stereocenters. The lowest BCUT2D eigenvalue weighted by Crippen LogP contribution is -2.51. The number of ether oxygens (including phenoxy) is 1. The minimum absolute atomic E-state index is 0.0951. The number of carbonyl (C=O) groups is 1.